The van der Waals surface area contributed by atoms with Crippen LogP contribution in [0.5, 0.6) is 0 Å². The van der Waals surface area contributed by atoms with Crippen LogP contribution >= 0.6 is 0 Å². The van der Waals surface area contributed by atoms with Gasteiger partial charge in [0.05, 0.1) is 0 Å². The monoisotopic (exact) mass is 267 g/mol. The molecule has 0 saturated carbocycles. The van der Waals surface area contributed by atoms with Crippen molar-refractivity contribution < 1.29 is 9.90 Å². The first kappa shape index (κ1) is 15.2. The lowest BCUT2D eigenvalue weighted by Crippen LogP contribution is -2.39. The lowest BCUT2D eigenvalue weighted by Gasteiger charge is -2.23. The van der Waals surface area contributed by atoms with Crippen LogP contribution in [-0.2, 0) is 11.3 Å². The van der Waals surface area contributed by atoms with Gasteiger partial charge in [-0.1, -0.05) is 20.8 Å². The van der Waals surface area contributed by atoms with E-state index in [0.717, 1.165) is 6.42 Å². The SMILES string of the molecule is CCCn1ccnc(N(CC(=O)O)CC(C)C)c1=O. The quantitative estimate of drug-likeness (QED) is 0.803. The molecule has 0 unspecified atom stereocenters. The summed E-state index contributed by atoms with van der Waals surface area (Å²) in [4.78, 5) is 28.7. The fraction of sp³-hybridized carbons (Fsp3) is 0.615. The number of carboxylic acid groups (broad SMARTS) is 1. The molecule has 0 saturated heterocycles. The Morgan fingerprint density at radius 1 is 1.53 bits per heavy atom. The highest BCUT2D eigenvalue weighted by Gasteiger charge is 2.17. The number of carbonyl (C=O) groups is 1. The number of aromatic nitrogens is 2. The van der Waals surface area contributed by atoms with Crippen LogP contribution in [0.1, 0.15) is 27.2 Å². The lowest BCUT2D eigenvalue weighted by molar-refractivity contribution is -0.135. The first-order chi connectivity index (χ1) is 8.95. The molecular formula is C13H21N3O3. The highest BCUT2D eigenvalue weighted by Crippen LogP contribution is 2.07. The smallest absolute Gasteiger partial charge is 0.323 e. The third-order valence-corrected chi connectivity index (χ3v) is 2.57. The molecule has 1 aromatic rings. The molecule has 19 heavy (non-hydrogen) atoms. The number of rotatable bonds is 7. The van der Waals surface area contributed by atoms with Crippen LogP contribution in [0.25, 0.3) is 0 Å². The molecule has 0 aliphatic heterocycles. The van der Waals surface area contributed by atoms with E-state index in [0.29, 0.717) is 13.1 Å². The first-order valence-corrected chi connectivity index (χ1v) is 6.47. The van der Waals surface area contributed by atoms with Crippen molar-refractivity contribution in [2.45, 2.75) is 33.7 Å². The summed E-state index contributed by atoms with van der Waals surface area (Å²) in [5, 5.41) is 8.94. The van der Waals surface area contributed by atoms with E-state index in [1.165, 1.54) is 4.90 Å². The van der Waals surface area contributed by atoms with Crippen molar-refractivity contribution in [2.24, 2.45) is 5.92 Å². The predicted molar refractivity (Wildman–Crippen MR) is 73.5 cm³/mol. The van der Waals surface area contributed by atoms with Crippen molar-refractivity contribution in [1.82, 2.24) is 9.55 Å². The van der Waals surface area contributed by atoms with Gasteiger partial charge in [0.15, 0.2) is 5.82 Å². The number of nitrogens with zero attached hydrogens (tertiary/aromatic N) is 3. The zero-order valence-electron chi connectivity index (χ0n) is 11.7. The van der Waals surface area contributed by atoms with Crippen LogP contribution in [0.2, 0.25) is 0 Å². The summed E-state index contributed by atoms with van der Waals surface area (Å²) in [6.45, 7) is 6.82. The second kappa shape index (κ2) is 6.92. The third kappa shape index (κ3) is 4.39. The summed E-state index contributed by atoms with van der Waals surface area (Å²) in [5.74, 6) is -0.500. The second-order valence-electron chi connectivity index (χ2n) is 4.92. The van der Waals surface area contributed by atoms with Gasteiger partial charge in [-0.25, -0.2) is 4.98 Å². The molecule has 106 valence electrons. The highest BCUT2D eigenvalue weighted by molar-refractivity contribution is 5.73. The molecule has 0 radical (unpaired) electrons. The average molecular weight is 267 g/mol. The van der Waals surface area contributed by atoms with E-state index in [2.05, 4.69) is 4.98 Å². The van der Waals surface area contributed by atoms with Gasteiger partial charge < -0.3 is 14.6 Å². The fourth-order valence-electron chi connectivity index (χ4n) is 1.90. The van der Waals surface area contributed by atoms with Gasteiger partial charge in [0.2, 0.25) is 0 Å². The lowest BCUT2D eigenvalue weighted by atomic mass is 10.2. The molecule has 0 aliphatic rings. The number of hydrogen-bond acceptors (Lipinski definition) is 4. The molecule has 0 atom stereocenters. The Hall–Kier alpha value is -1.85. The van der Waals surface area contributed by atoms with Crippen molar-refractivity contribution in [3.8, 4) is 0 Å². The van der Waals surface area contributed by atoms with E-state index in [1.807, 2.05) is 20.8 Å². The Morgan fingerprint density at radius 3 is 2.74 bits per heavy atom. The van der Waals surface area contributed by atoms with Crippen LogP contribution in [0.3, 0.4) is 0 Å². The van der Waals surface area contributed by atoms with Crippen molar-refractivity contribution in [3.05, 3.63) is 22.7 Å². The topological polar surface area (TPSA) is 75.4 Å². The molecule has 1 N–H and O–H groups in total. The summed E-state index contributed by atoms with van der Waals surface area (Å²) in [6, 6.07) is 0. The number of anilines is 1. The number of carboxylic acids is 1. The normalized spacial score (nSPS) is 10.7. The standard InChI is InChI=1S/C13H21N3O3/c1-4-6-15-7-5-14-12(13(15)19)16(8-10(2)3)9-11(17)18/h5,7,10H,4,6,8-9H2,1-3H3,(H,17,18). The minimum atomic E-state index is -0.965. The molecule has 1 aromatic heterocycles. The first-order valence-electron chi connectivity index (χ1n) is 6.47. The maximum atomic E-state index is 12.2. The van der Waals surface area contributed by atoms with E-state index in [4.69, 9.17) is 5.11 Å². The highest BCUT2D eigenvalue weighted by atomic mass is 16.4. The maximum Gasteiger partial charge on any atom is 0.323 e. The van der Waals surface area contributed by atoms with Crippen LogP contribution in [0, 0.1) is 5.92 Å². The van der Waals surface area contributed by atoms with Crippen LogP contribution in [0.15, 0.2) is 17.2 Å². The van der Waals surface area contributed by atoms with E-state index in [1.54, 1.807) is 17.0 Å². The van der Waals surface area contributed by atoms with Gasteiger partial charge in [0, 0.05) is 25.5 Å². The zero-order chi connectivity index (χ0) is 14.4. The second-order valence-corrected chi connectivity index (χ2v) is 4.92. The molecule has 1 rings (SSSR count). The minimum Gasteiger partial charge on any atom is -0.480 e. The van der Waals surface area contributed by atoms with Crippen molar-refractivity contribution in [3.63, 3.8) is 0 Å². The summed E-state index contributed by atoms with van der Waals surface area (Å²) in [7, 11) is 0. The summed E-state index contributed by atoms with van der Waals surface area (Å²) in [6.07, 6.45) is 4.01. The van der Waals surface area contributed by atoms with E-state index >= 15 is 0 Å². The Bertz CT molecular complexity index is 482. The van der Waals surface area contributed by atoms with Gasteiger partial charge >= 0.3 is 5.97 Å². The third-order valence-electron chi connectivity index (χ3n) is 2.57. The van der Waals surface area contributed by atoms with Crippen LogP contribution in [-0.4, -0.2) is 33.7 Å². The number of aryl methyl sites for hydroxylation is 1. The van der Waals surface area contributed by atoms with Crippen molar-refractivity contribution >= 4 is 11.8 Å². The van der Waals surface area contributed by atoms with Crippen LogP contribution < -0.4 is 10.5 Å². The molecule has 0 aliphatic carbocycles. The average Bonchev–Trinajstić information content (AvgIpc) is 2.30. The van der Waals surface area contributed by atoms with E-state index in [-0.39, 0.29) is 23.8 Å². The van der Waals surface area contributed by atoms with Crippen LogP contribution in [0.4, 0.5) is 5.82 Å². The molecule has 0 bridgehead atoms. The van der Waals surface area contributed by atoms with Crippen molar-refractivity contribution in [2.75, 3.05) is 18.0 Å². The molecule has 1 heterocycles. The van der Waals surface area contributed by atoms with Crippen molar-refractivity contribution in [1.29, 1.82) is 0 Å². The molecule has 6 nitrogen and oxygen atoms in total. The van der Waals surface area contributed by atoms with Gasteiger partial charge in [0.1, 0.15) is 6.54 Å². The summed E-state index contributed by atoms with van der Waals surface area (Å²) >= 11 is 0. The number of hydrogen-bond donors (Lipinski definition) is 1. The van der Waals surface area contributed by atoms with Gasteiger partial charge in [0.25, 0.3) is 5.56 Å². The van der Waals surface area contributed by atoms with Gasteiger partial charge in [-0.05, 0) is 12.3 Å². The molecule has 0 spiro atoms. The van der Waals surface area contributed by atoms with Gasteiger partial charge in [-0.2, -0.15) is 0 Å². The Kier molecular flexibility index (Phi) is 5.54. The van der Waals surface area contributed by atoms with E-state index in [9.17, 15) is 9.59 Å². The molecule has 6 heteroatoms. The Balaban J connectivity index is 3.10. The van der Waals surface area contributed by atoms with E-state index < -0.39 is 5.97 Å². The summed E-state index contributed by atoms with van der Waals surface area (Å²) in [5.41, 5.74) is -0.230. The summed E-state index contributed by atoms with van der Waals surface area (Å²) < 4.78 is 1.57. The number of aliphatic carboxylic acids is 1. The van der Waals surface area contributed by atoms with Gasteiger partial charge in [-0.15, -0.1) is 0 Å². The predicted octanol–water partition coefficient (Wildman–Crippen LogP) is 1.20. The Labute approximate surface area is 112 Å². The minimum absolute atomic E-state index is 0.212. The largest absolute Gasteiger partial charge is 0.480 e. The zero-order valence-corrected chi connectivity index (χ0v) is 11.7. The maximum absolute atomic E-state index is 12.2. The molecular weight excluding hydrogens is 246 g/mol. The molecule has 0 aromatic carbocycles. The molecule has 0 amide bonds. The molecule has 0 fully saturated rings. The fourth-order valence-corrected chi connectivity index (χ4v) is 1.90. The Morgan fingerprint density at radius 2 is 2.21 bits per heavy atom. The van der Waals surface area contributed by atoms with Gasteiger partial charge in [-0.3, -0.25) is 9.59 Å².